The Bertz CT molecular complexity index is 1070. The molecule has 0 fully saturated rings. The molecule has 0 saturated carbocycles. The first-order valence-electron chi connectivity index (χ1n) is 8.70. The molecule has 10 heteroatoms. The molecule has 1 N–H and O–H groups in total. The standard InChI is InChI=1S/C20H16Cl2F3N3O2/c1-12-7-18(27-28(12)10-14-5-6-15(21)9-17(14)22)26-19(29)13-3-2-4-16(8-13)30-11-20(23,24)25/h2-9H,10-11H2,1H3,(H,26,27,29). The number of aryl methyl sites for hydroxylation is 1. The lowest BCUT2D eigenvalue weighted by Gasteiger charge is -2.10. The Morgan fingerprint density at radius 1 is 1.17 bits per heavy atom. The van der Waals surface area contributed by atoms with Crippen LogP contribution in [0.25, 0.3) is 0 Å². The highest BCUT2D eigenvalue weighted by Crippen LogP contribution is 2.23. The summed E-state index contributed by atoms with van der Waals surface area (Å²) < 4.78 is 43.2. The number of carbonyl (C=O) groups is 1. The summed E-state index contributed by atoms with van der Waals surface area (Å²) in [5.41, 5.74) is 1.72. The number of ether oxygens (including phenoxy) is 1. The van der Waals surface area contributed by atoms with Crippen molar-refractivity contribution < 1.29 is 22.7 Å². The lowest BCUT2D eigenvalue weighted by Crippen LogP contribution is -2.19. The normalized spacial score (nSPS) is 11.4. The summed E-state index contributed by atoms with van der Waals surface area (Å²) >= 11 is 12.1. The third kappa shape index (κ3) is 5.90. The lowest BCUT2D eigenvalue weighted by atomic mass is 10.2. The minimum Gasteiger partial charge on any atom is -0.484 e. The molecular formula is C20H16Cl2F3N3O2. The molecule has 0 atom stereocenters. The minimum atomic E-state index is -4.46. The van der Waals surface area contributed by atoms with Crippen LogP contribution >= 0.6 is 23.2 Å². The molecule has 0 aliphatic heterocycles. The van der Waals surface area contributed by atoms with Gasteiger partial charge in [-0.2, -0.15) is 18.3 Å². The number of hydrogen-bond donors (Lipinski definition) is 1. The molecule has 158 valence electrons. The number of anilines is 1. The van der Waals surface area contributed by atoms with E-state index < -0.39 is 18.7 Å². The average Bonchev–Trinajstić information content (AvgIpc) is 3.01. The van der Waals surface area contributed by atoms with Gasteiger partial charge in [-0.1, -0.05) is 35.3 Å². The topological polar surface area (TPSA) is 56.1 Å². The van der Waals surface area contributed by atoms with E-state index in [1.807, 2.05) is 6.92 Å². The number of amides is 1. The molecule has 1 amide bonds. The Morgan fingerprint density at radius 2 is 1.93 bits per heavy atom. The molecule has 0 unspecified atom stereocenters. The monoisotopic (exact) mass is 457 g/mol. The molecule has 5 nitrogen and oxygen atoms in total. The van der Waals surface area contributed by atoms with Crippen molar-refractivity contribution in [1.82, 2.24) is 9.78 Å². The van der Waals surface area contributed by atoms with Crippen molar-refractivity contribution in [3.63, 3.8) is 0 Å². The maximum atomic E-state index is 12.5. The van der Waals surface area contributed by atoms with Gasteiger partial charge in [0.25, 0.3) is 5.91 Å². The van der Waals surface area contributed by atoms with Crippen molar-refractivity contribution >= 4 is 34.9 Å². The number of hydrogen-bond acceptors (Lipinski definition) is 3. The number of aromatic nitrogens is 2. The number of benzene rings is 2. The first kappa shape index (κ1) is 22.0. The summed E-state index contributed by atoms with van der Waals surface area (Å²) in [5, 5.41) is 7.99. The Morgan fingerprint density at radius 3 is 2.63 bits per heavy atom. The first-order chi connectivity index (χ1) is 14.1. The third-order valence-electron chi connectivity index (χ3n) is 4.06. The van der Waals surface area contributed by atoms with Crippen LogP contribution in [-0.4, -0.2) is 28.5 Å². The quantitative estimate of drug-likeness (QED) is 0.513. The molecule has 1 heterocycles. The summed E-state index contributed by atoms with van der Waals surface area (Å²) in [7, 11) is 0. The molecule has 0 aliphatic carbocycles. The minimum absolute atomic E-state index is 0.0564. The van der Waals surface area contributed by atoms with Crippen molar-refractivity contribution in [1.29, 1.82) is 0 Å². The van der Waals surface area contributed by atoms with Gasteiger partial charge < -0.3 is 10.1 Å². The number of nitrogens with zero attached hydrogens (tertiary/aromatic N) is 2. The van der Waals surface area contributed by atoms with Gasteiger partial charge in [-0.15, -0.1) is 0 Å². The van der Waals surface area contributed by atoms with Crippen LogP contribution < -0.4 is 10.1 Å². The zero-order chi connectivity index (χ0) is 21.9. The van der Waals surface area contributed by atoms with Crippen LogP contribution in [0, 0.1) is 6.92 Å². The molecular weight excluding hydrogens is 442 g/mol. The second-order valence-corrected chi connectivity index (χ2v) is 7.29. The third-order valence-corrected chi connectivity index (χ3v) is 4.64. The zero-order valence-corrected chi connectivity index (χ0v) is 17.1. The molecule has 3 aromatic rings. The van der Waals surface area contributed by atoms with Gasteiger partial charge in [-0.05, 0) is 42.8 Å². The number of nitrogens with one attached hydrogen (secondary N) is 1. The van der Waals surface area contributed by atoms with E-state index in [4.69, 9.17) is 23.2 Å². The van der Waals surface area contributed by atoms with Crippen LogP contribution in [-0.2, 0) is 6.54 Å². The SMILES string of the molecule is Cc1cc(NC(=O)c2cccc(OCC(F)(F)F)c2)nn1Cc1ccc(Cl)cc1Cl. The van der Waals surface area contributed by atoms with Crippen molar-refractivity contribution in [2.75, 3.05) is 11.9 Å². The van der Waals surface area contributed by atoms with Crippen LogP contribution in [0.5, 0.6) is 5.75 Å². The molecule has 1 aromatic heterocycles. The molecule has 0 aliphatic rings. The van der Waals surface area contributed by atoms with Gasteiger partial charge >= 0.3 is 6.18 Å². The van der Waals surface area contributed by atoms with E-state index in [0.717, 1.165) is 11.3 Å². The van der Waals surface area contributed by atoms with Gasteiger partial charge in [0.05, 0.1) is 6.54 Å². The lowest BCUT2D eigenvalue weighted by molar-refractivity contribution is -0.153. The predicted molar refractivity (Wildman–Crippen MR) is 108 cm³/mol. The van der Waals surface area contributed by atoms with Crippen molar-refractivity contribution in [3.8, 4) is 5.75 Å². The number of rotatable bonds is 6. The Balaban J connectivity index is 1.69. The van der Waals surface area contributed by atoms with Crippen LogP contribution in [0.3, 0.4) is 0 Å². The number of alkyl halides is 3. The van der Waals surface area contributed by atoms with E-state index in [9.17, 15) is 18.0 Å². The van der Waals surface area contributed by atoms with Gasteiger partial charge in [0.15, 0.2) is 12.4 Å². The van der Waals surface area contributed by atoms with Crippen LogP contribution in [0.2, 0.25) is 10.0 Å². The molecule has 2 aromatic carbocycles. The second kappa shape index (κ2) is 8.97. The highest BCUT2D eigenvalue weighted by atomic mass is 35.5. The fourth-order valence-electron chi connectivity index (χ4n) is 2.62. The summed E-state index contributed by atoms with van der Waals surface area (Å²) in [4.78, 5) is 12.5. The van der Waals surface area contributed by atoms with Crippen molar-refractivity contribution in [2.45, 2.75) is 19.6 Å². The Kier molecular flexibility index (Phi) is 6.58. The zero-order valence-electron chi connectivity index (χ0n) is 15.6. The summed E-state index contributed by atoms with van der Waals surface area (Å²) in [6.07, 6.45) is -4.46. The molecule has 0 spiro atoms. The van der Waals surface area contributed by atoms with E-state index in [-0.39, 0.29) is 11.3 Å². The fourth-order valence-corrected chi connectivity index (χ4v) is 3.09. The molecule has 0 radical (unpaired) electrons. The number of halogens is 5. The highest BCUT2D eigenvalue weighted by molar-refractivity contribution is 6.35. The van der Waals surface area contributed by atoms with Crippen LogP contribution in [0.15, 0.2) is 48.5 Å². The van der Waals surface area contributed by atoms with Gasteiger partial charge in [-0.25, -0.2) is 0 Å². The van der Waals surface area contributed by atoms with E-state index in [0.29, 0.717) is 22.4 Å². The van der Waals surface area contributed by atoms with Gasteiger partial charge in [0.2, 0.25) is 0 Å². The van der Waals surface area contributed by atoms with Crippen LogP contribution in [0.4, 0.5) is 19.0 Å². The average molecular weight is 458 g/mol. The smallest absolute Gasteiger partial charge is 0.422 e. The van der Waals surface area contributed by atoms with Gasteiger partial charge in [0.1, 0.15) is 5.75 Å². The predicted octanol–water partition coefficient (Wildman–Crippen LogP) is 5.74. The first-order valence-corrected chi connectivity index (χ1v) is 9.46. The maximum absolute atomic E-state index is 12.5. The molecule has 0 bridgehead atoms. The number of carbonyl (C=O) groups excluding carboxylic acids is 1. The summed E-state index contributed by atoms with van der Waals surface area (Å²) in [6, 6.07) is 12.3. The summed E-state index contributed by atoms with van der Waals surface area (Å²) in [6.45, 7) is 0.755. The van der Waals surface area contributed by atoms with Gasteiger partial charge in [0, 0.05) is 27.4 Å². The Hall–Kier alpha value is -2.71. The van der Waals surface area contributed by atoms with E-state index in [1.165, 1.54) is 24.3 Å². The van der Waals surface area contributed by atoms with Crippen LogP contribution in [0.1, 0.15) is 21.6 Å². The Labute approximate surface area is 180 Å². The van der Waals surface area contributed by atoms with Gasteiger partial charge in [-0.3, -0.25) is 9.48 Å². The van der Waals surface area contributed by atoms with E-state index >= 15 is 0 Å². The van der Waals surface area contributed by atoms with Crippen molar-refractivity contribution in [2.24, 2.45) is 0 Å². The van der Waals surface area contributed by atoms with E-state index in [1.54, 1.807) is 28.9 Å². The van der Waals surface area contributed by atoms with E-state index in [2.05, 4.69) is 15.2 Å². The molecule has 30 heavy (non-hydrogen) atoms. The highest BCUT2D eigenvalue weighted by Gasteiger charge is 2.28. The molecule has 0 saturated heterocycles. The van der Waals surface area contributed by atoms with Crippen molar-refractivity contribution in [3.05, 3.63) is 75.4 Å². The fraction of sp³-hybridized carbons (Fsp3) is 0.200. The summed E-state index contributed by atoms with van der Waals surface area (Å²) in [5.74, 6) is -0.287. The maximum Gasteiger partial charge on any atom is 0.422 e. The molecule has 3 rings (SSSR count). The second-order valence-electron chi connectivity index (χ2n) is 6.45. The largest absolute Gasteiger partial charge is 0.484 e.